The van der Waals surface area contributed by atoms with Crippen molar-refractivity contribution in [2.45, 2.75) is 0 Å². The Balaban J connectivity index is 2.15. The van der Waals surface area contributed by atoms with Gasteiger partial charge in [0.25, 0.3) is 0 Å². The summed E-state index contributed by atoms with van der Waals surface area (Å²) in [5.41, 5.74) is 2.73. The van der Waals surface area contributed by atoms with Crippen LogP contribution in [-0.2, 0) is 0 Å². The molecule has 0 saturated carbocycles. The summed E-state index contributed by atoms with van der Waals surface area (Å²) >= 11 is 0. The Morgan fingerprint density at radius 2 is 1.89 bits per heavy atom. The number of nitrogen functional groups attached to an aromatic ring is 1. The zero-order valence-electron chi connectivity index (χ0n) is 9.39. The van der Waals surface area contributed by atoms with Crippen LogP contribution in [0.15, 0.2) is 48.5 Å². The van der Waals surface area contributed by atoms with Crippen LogP contribution in [0.3, 0.4) is 0 Å². The quantitative estimate of drug-likeness (QED) is 0.377. The van der Waals surface area contributed by atoms with E-state index in [-0.39, 0.29) is 11.4 Å². The van der Waals surface area contributed by atoms with E-state index in [4.69, 9.17) is 10.6 Å². The molecule has 0 radical (unpaired) electrons. The number of carbonyl (C=O) groups is 1. The normalized spacial score (nSPS) is 9.89. The van der Waals surface area contributed by atoms with Crippen LogP contribution in [0.1, 0.15) is 10.4 Å². The van der Waals surface area contributed by atoms with Crippen LogP contribution in [0, 0.1) is 5.82 Å². The van der Waals surface area contributed by atoms with E-state index in [1.54, 1.807) is 30.3 Å². The molecule has 0 aliphatic carbocycles. The first-order valence-electron chi connectivity index (χ1n) is 5.24. The molecule has 2 aromatic carbocycles. The second-order valence-electron chi connectivity index (χ2n) is 3.54. The summed E-state index contributed by atoms with van der Waals surface area (Å²) in [4.78, 5) is 11.7. The highest BCUT2D eigenvalue weighted by Gasteiger charge is 2.09. The molecule has 3 N–H and O–H groups in total. The Morgan fingerprint density at radius 3 is 2.50 bits per heavy atom. The van der Waals surface area contributed by atoms with Crippen LogP contribution in [0.2, 0.25) is 0 Å². The monoisotopic (exact) mass is 246 g/mol. The summed E-state index contributed by atoms with van der Waals surface area (Å²) in [5.74, 6) is 4.09. The molecule has 5 heteroatoms. The maximum Gasteiger partial charge on any atom is 0.343 e. The number of carbonyl (C=O) groups excluding carboxylic acids is 1. The van der Waals surface area contributed by atoms with E-state index in [2.05, 4.69) is 5.43 Å². The third-order valence-corrected chi connectivity index (χ3v) is 2.32. The van der Waals surface area contributed by atoms with Crippen molar-refractivity contribution in [2.24, 2.45) is 5.84 Å². The van der Waals surface area contributed by atoms with Crippen LogP contribution >= 0.6 is 0 Å². The van der Waals surface area contributed by atoms with Gasteiger partial charge in [0.05, 0.1) is 11.3 Å². The average molecular weight is 246 g/mol. The SMILES string of the molecule is NNc1ccc(OC(=O)c2ccccc2)cc1F. The second kappa shape index (κ2) is 5.29. The molecule has 92 valence electrons. The molecule has 0 aromatic heterocycles. The number of anilines is 1. The minimum Gasteiger partial charge on any atom is -0.423 e. The molecule has 2 rings (SSSR count). The first kappa shape index (κ1) is 12.1. The van der Waals surface area contributed by atoms with E-state index < -0.39 is 11.8 Å². The largest absolute Gasteiger partial charge is 0.423 e. The Hall–Kier alpha value is -2.40. The Labute approximate surface area is 103 Å². The summed E-state index contributed by atoms with van der Waals surface area (Å²) < 4.78 is 18.4. The molecule has 0 fully saturated rings. The summed E-state index contributed by atoms with van der Waals surface area (Å²) in [6, 6.07) is 12.4. The summed E-state index contributed by atoms with van der Waals surface area (Å²) in [5, 5.41) is 0. The van der Waals surface area contributed by atoms with Crippen LogP contribution in [-0.4, -0.2) is 5.97 Å². The van der Waals surface area contributed by atoms with Crippen molar-refractivity contribution in [2.75, 3.05) is 5.43 Å². The molecular weight excluding hydrogens is 235 g/mol. The molecule has 0 unspecified atom stereocenters. The van der Waals surface area contributed by atoms with Crippen molar-refractivity contribution in [3.63, 3.8) is 0 Å². The number of hydrogen-bond acceptors (Lipinski definition) is 4. The van der Waals surface area contributed by atoms with E-state index in [0.717, 1.165) is 6.07 Å². The molecule has 0 amide bonds. The summed E-state index contributed by atoms with van der Waals surface area (Å²) in [7, 11) is 0. The van der Waals surface area contributed by atoms with Gasteiger partial charge in [0.15, 0.2) is 5.82 Å². The molecule has 0 saturated heterocycles. The lowest BCUT2D eigenvalue weighted by atomic mass is 10.2. The maximum atomic E-state index is 13.4. The fraction of sp³-hybridized carbons (Fsp3) is 0. The molecule has 0 spiro atoms. The van der Waals surface area contributed by atoms with Gasteiger partial charge in [-0.3, -0.25) is 5.84 Å². The van der Waals surface area contributed by atoms with Gasteiger partial charge in [-0.2, -0.15) is 0 Å². The van der Waals surface area contributed by atoms with Crippen LogP contribution in [0.4, 0.5) is 10.1 Å². The predicted molar refractivity (Wildman–Crippen MR) is 65.6 cm³/mol. The number of rotatable bonds is 3. The number of ether oxygens (including phenoxy) is 1. The van der Waals surface area contributed by atoms with E-state index in [9.17, 15) is 9.18 Å². The highest BCUT2D eigenvalue weighted by molar-refractivity contribution is 5.91. The van der Waals surface area contributed by atoms with Crippen molar-refractivity contribution < 1.29 is 13.9 Å². The zero-order valence-corrected chi connectivity index (χ0v) is 9.39. The second-order valence-corrected chi connectivity index (χ2v) is 3.54. The van der Waals surface area contributed by atoms with Gasteiger partial charge in [-0.25, -0.2) is 9.18 Å². The third-order valence-electron chi connectivity index (χ3n) is 2.32. The van der Waals surface area contributed by atoms with Gasteiger partial charge >= 0.3 is 5.97 Å². The lowest BCUT2D eigenvalue weighted by Gasteiger charge is -2.06. The molecule has 0 atom stereocenters. The smallest absolute Gasteiger partial charge is 0.343 e. The number of benzene rings is 2. The van der Waals surface area contributed by atoms with E-state index in [1.807, 2.05) is 0 Å². The first-order chi connectivity index (χ1) is 8.70. The van der Waals surface area contributed by atoms with Crippen molar-refractivity contribution >= 4 is 11.7 Å². The third kappa shape index (κ3) is 2.64. The zero-order chi connectivity index (χ0) is 13.0. The fourth-order valence-electron chi connectivity index (χ4n) is 1.42. The van der Waals surface area contributed by atoms with Crippen molar-refractivity contribution in [3.05, 3.63) is 59.9 Å². The number of halogens is 1. The first-order valence-corrected chi connectivity index (χ1v) is 5.24. The fourth-order valence-corrected chi connectivity index (χ4v) is 1.42. The average Bonchev–Trinajstić information content (AvgIpc) is 2.40. The molecule has 18 heavy (non-hydrogen) atoms. The van der Waals surface area contributed by atoms with Gasteiger partial charge in [0.1, 0.15) is 5.75 Å². The molecule has 2 aromatic rings. The molecule has 0 aliphatic rings. The van der Waals surface area contributed by atoms with E-state index in [1.165, 1.54) is 12.1 Å². The van der Waals surface area contributed by atoms with Gasteiger partial charge in [0, 0.05) is 6.07 Å². The van der Waals surface area contributed by atoms with Gasteiger partial charge in [-0.15, -0.1) is 0 Å². The number of esters is 1. The van der Waals surface area contributed by atoms with E-state index >= 15 is 0 Å². The van der Waals surface area contributed by atoms with Crippen molar-refractivity contribution in [1.82, 2.24) is 0 Å². The number of nitrogens with two attached hydrogens (primary N) is 1. The standard InChI is InChI=1S/C13H11FN2O2/c14-11-8-10(6-7-12(11)16-15)18-13(17)9-4-2-1-3-5-9/h1-8,16H,15H2. The van der Waals surface area contributed by atoms with Crippen LogP contribution in [0.5, 0.6) is 5.75 Å². The Morgan fingerprint density at radius 1 is 1.17 bits per heavy atom. The van der Waals surface area contributed by atoms with Gasteiger partial charge in [-0.05, 0) is 24.3 Å². The Kier molecular flexibility index (Phi) is 3.54. The van der Waals surface area contributed by atoms with Crippen LogP contribution < -0.4 is 16.0 Å². The molecule has 4 nitrogen and oxygen atoms in total. The van der Waals surface area contributed by atoms with Gasteiger partial charge in [0.2, 0.25) is 0 Å². The lowest BCUT2D eigenvalue weighted by molar-refractivity contribution is 0.0734. The number of nitrogens with one attached hydrogen (secondary N) is 1. The Bertz CT molecular complexity index is 558. The highest BCUT2D eigenvalue weighted by atomic mass is 19.1. The topological polar surface area (TPSA) is 64.3 Å². The summed E-state index contributed by atoms with van der Waals surface area (Å²) in [6.45, 7) is 0. The van der Waals surface area contributed by atoms with Crippen LogP contribution in [0.25, 0.3) is 0 Å². The predicted octanol–water partition coefficient (Wildman–Crippen LogP) is 2.33. The van der Waals surface area contributed by atoms with Crippen molar-refractivity contribution in [3.8, 4) is 5.75 Å². The minimum atomic E-state index is -0.587. The molecule has 0 bridgehead atoms. The summed E-state index contributed by atoms with van der Waals surface area (Å²) in [6.07, 6.45) is 0. The highest BCUT2D eigenvalue weighted by Crippen LogP contribution is 2.20. The lowest BCUT2D eigenvalue weighted by Crippen LogP contribution is -2.10. The minimum absolute atomic E-state index is 0.125. The number of hydrogen-bond donors (Lipinski definition) is 2. The van der Waals surface area contributed by atoms with E-state index in [0.29, 0.717) is 5.56 Å². The molecule has 0 heterocycles. The molecular formula is C13H11FN2O2. The van der Waals surface area contributed by atoms with Gasteiger partial charge < -0.3 is 10.2 Å². The number of hydrazine groups is 1. The van der Waals surface area contributed by atoms with Crippen molar-refractivity contribution in [1.29, 1.82) is 0 Å². The maximum absolute atomic E-state index is 13.4. The van der Waals surface area contributed by atoms with Gasteiger partial charge in [-0.1, -0.05) is 18.2 Å². The molecule has 0 aliphatic heterocycles.